The largest absolute Gasteiger partial charge is 0.254 e. The van der Waals surface area contributed by atoms with Crippen molar-refractivity contribution in [1.29, 1.82) is 5.26 Å². The highest BCUT2D eigenvalue weighted by molar-refractivity contribution is 9.10. The maximum absolute atomic E-state index is 11.9. The van der Waals surface area contributed by atoms with Crippen LogP contribution in [0.1, 0.15) is 20.3 Å². The lowest BCUT2D eigenvalue weighted by Crippen LogP contribution is -2.12. The smallest absolute Gasteiger partial charge is 0.0684 e. The van der Waals surface area contributed by atoms with Crippen molar-refractivity contribution >= 4 is 26.7 Å². The molecule has 0 radical (unpaired) electrons. The number of hydrogen-bond acceptors (Lipinski definition) is 2. The zero-order valence-corrected chi connectivity index (χ0v) is 11.8. The lowest BCUT2D eigenvalue weighted by atomic mass is 9.93. The third kappa shape index (κ3) is 4.07. The van der Waals surface area contributed by atoms with E-state index < -0.39 is 16.2 Å². The van der Waals surface area contributed by atoms with Gasteiger partial charge in [0.15, 0.2) is 0 Å². The highest BCUT2D eigenvalue weighted by Crippen LogP contribution is 2.21. The minimum atomic E-state index is -1.01. The molecule has 16 heavy (non-hydrogen) atoms. The Bertz CT molecular complexity index is 420. The van der Waals surface area contributed by atoms with Crippen molar-refractivity contribution in [3.63, 3.8) is 0 Å². The van der Waals surface area contributed by atoms with Crippen LogP contribution < -0.4 is 0 Å². The predicted molar refractivity (Wildman–Crippen MR) is 69.4 cm³/mol. The van der Waals surface area contributed by atoms with E-state index in [1.54, 1.807) is 0 Å². The summed E-state index contributed by atoms with van der Waals surface area (Å²) in [6.07, 6.45) is 0.645. The lowest BCUT2D eigenvalue weighted by molar-refractivity contribution is 0.479. The Morgan fingerprint density at radius 3 is 2.44 bits per heavy atom. The van der Waals surface area contributed by atoms with Gasteiger partial charge in [-0.2, -0.15) is 5.26 Å². The molecule has 4 heteroatoms. The molecule has 2 nitrogen and oxygen atoms in total. The van der Waals surface area contributed by atoms with Crippen LogP contribution in [0.2, 0.25) is 0 Å². The van der Waals surface area contributed by atoms with E-state index in [1.807, 2.05) is 38.1 Å². The molecular formula is C12H14BrNOS. The van der Waals surface area contributed by atoms with Gasteiger partial charge in [0.05, 0.1) is 22.3 Å². The van der Waals surface area contributed by atoms with Gasteiger partial charge in [-0.1, -0.05) is 15.9 Å². The van der Waals surface area contributed by atoms with E-state index in [0.29, 0.717) is 12.2 Å². The molecule has 1 atom stereocenters. The van der Waals surface area contributed by atoms with E-state index in [-0.39, 0.29) is 0 Å². The van der Waals surface area contributed by atoms with Crippen LogP contribution in [-0.4, -0.2) is 9.96 Å². The molecule has 0 saturated carbocycles. The van der Waals surface area contributed by atoms with Crippen molar-refractivity contribution in [3.05, 3.63) is 28.7 Å². The molecule has 0 fully saturated rings. The lowest BCUT2D eigenvalue weighted by Gasteiger charge is -2.14. The van der Waals surface area contributed by atoms with Gasteiger partial charge in [-0.3, -0.25) is 4.21 Å². The van der Waals surface area contributed by atoms with Crippen LogP contribution in [-0.2, 0) is 10.8 Å². The number of hydrogen-bond donors (Lipinski definition) is 0. The molecule has 86 valence electrons. The number of rotatable bonds is 4. The second kappa shape index (κ2) is 5.60. The van der Waals surface area contributed by atoms with Gasteiger partial charge < -0.3 is 0 Å². The van der Waals surface area contributed by atoms with Crippen molar-refractivity contribution in [2.45, 2.75) is 25.2 Å². The summed E-state index contributed by atoms with van der Waals surface area (Å²) < 4.78 is 12.9. The maximum Gasteiger partial charge on any atom is 0.0684 e. The molecule has 0 spiro atoms. The predicted octanol–water partition coefficient (Wildman–Crippen LogP) is 3.50. The molecule has 1 aromatic carbocycles. The molecule has 0 bridgehead atoms. The molecule has 0 amide bonds. The molecule has 0 aliphatic rings. The van der Waals surface area contributed by atoms with Crippen LogP contribution >= 0.6 is 15.9 Å². The molecule has 1 aromatic rings. The number of halogens is 1. The van der Waals surface area contributed by atoms with Crippen LogP contribution in [0.4, 0.5) is 0 Å². The minimum absolute atomic E-state index is 0.398. The first-order valence-corrected chi connectivity index (χ1v) is 7.11. The summed E-state index contributed by atoms with van der Waals surface area (Å²) in [7, 11) is -1.01. The Kier molecular flexibility index (Phi) is 4.69. The summed E-state index contributed by atoms with van der Waals surface area (Å²) in [6.45, 7) is 3.73. The standard InChI is InChI=1S/C12H14BrNOS/c1-12(2,9-14)7-8-16(15)11-5-3-10(13)4-6-11/h3-6H,7-8H2,1-2H3. The van der Waals surface area contributed by atoms with Crippen LogP contribution in [0.25, 0.3) is 0 Å². The van der Waals surface area contributed by atoms with Gasteiger partial charge in [-0.05, 0) is 44.5 Å². The molecule has 0 aliphatic heterocycles. The average Bonchev–Trinajstić information content (AvgIpc) is 2.27. The third-order valence-corrected chi connectivity index (χ3v) is 4.19. The molecule has 0 N–H and O–H groups in total. The Morgan fingerprint density at radius 2 is 1.94 bits per heavy atom. The van der Waals surface area contributed by atoms with Crippen LogP contribution in [0, 0.1) is 16.7 Å². The molecule has 0 saturated heterocycles. The van der Waals surface area contributed by atoms with Gasteiger partial charge in [0.1, 0.15) is 0 Å². The molecule has 0 aliphatic carbocycles. The fraction of sp³-hybridized carbons (Fsp3) is 0.417. The first-order valence-electron chi connectivity index (χ1n) is 5.00. The highest BCUT2D eigenvalue weighted by Gasteiger charge is 2.18. The number of nitriles is 1. The minimum Gasteiger partial charge on any atom is -0.254 e. The van der Waals surface area contributed by atoms with Gasteiger partial charge in [0.25, 0.3) is 0 Å². The topological polar surface area (TPSA) is 40.9 Å². The highest BCUT2D eigenvalue weighted by atomic mass is 79.9. The zero-order valence-electron chi connectivity index (χ0n) is 9.37. The van der Waals surface area contributed by atoms with Crippen molar-refractivity contribution in [2.24, 2.45) is 5.41 Å². The Balaban J connectivity index is 2.61. The van der Waals surface area contributed by atoms with Crippen molar-refractivity contribution in [3.8, 4) is 6.07 Å². The molecule has 0 heterocycles. The molecule has 1 unspecified atom stereocenters. The maximum atomic E-state index is 11.9. The fourth-order valence-corrected chi connectivity index (χ4v) is 2.74. The second-order valence-corrected chi connectivity index (χ2v) is 6.74. The summed E-state index contributed by atoms with van der Waals surface area (Å²) >= 11 is 3.33. The second-order valence-electron chi connectivity index (χ2n) is 4.25. The summed E-state index contributed by atoms with van der Waals surface area (Å²) in [5.74, 6) is 0.530. The van der Waals surface area contributed by atoms with E-state index in [0.717, 1.165) is 9.37 Å². The van der Waals surface area contributed by atoms with E-state index in [4.69, 9.17) is 5.26 Å². The zero-order chi connectivity index (χ0) is 12.2. The number of nitrogens with zero attached hydrogens (tertiary/aromatic N) is 1. The van der Waals surface area contributed by atoms with Crippen molar-refractivity contribution in [2.75, 3.05) is 5.75 Å². The molecule has 0 aromatic heterocycles. The molecule has 1 rings (SSSR count). The van der Waals surface area contributed by atoms with E-state index in [2.05, 4.69) is 22.0 Å². The summed E-state index contributed by atoms with van der Waals surface area (Å²) in [5.41, 5.74) is -0.398. The van der Waals surface area contributed by atoms with Crippen LogP contribution in [0.3, 0.4) is 0 Å². The SMILES string of the molecule is CC(C)(C#N)CCS(=O)c1ccc(Br)cc1. The first-order chi connectivity index (χ1) is 7.44. The van der Waals surface area contributed by atoms with E-state index >= 15 is 0 Å². The van der Waals surface area contributed by atoms with Gasteiger partial charge in [-0.25, -0.2) is 0 Å². The quantitative estimate of drug-likeness (QED) is 0.854. The summed E-state index contributed by atoms with van der Waals surface area (Å²) in [6, 6.07) is 9.66. The van der Waals surface area contributed by atoms with Gasteiger partial charge in [-0.15, -0.1) is 0 Å². The monoisotopic (exact) mass is 299 g/mol. The fourth-order valence-electron chi connectivity index (χ4n) is 1.11. The van der Waals surface area contributed by atoms with E-state index in [9.17, 15) is 4.21 Å². The number of benzene rings is 1. The van der Waals surface area contributed by atoms with Gasteiger partial charge in [0.2, 0.25) is 0 Å². The third-order valence-electron chi connectivity index (χ3n) is 2.29. The normalized spacial score (nSPS) is 13.1. The van der Waals surface area contributed by atoms with Crippen molar-refractivity contribution in [1.82, 2.24) is 0 Å². The van der Waals surface area contributed by atoms with Crippen LogP contribution in [0.15, 0.2) is 33.6 Å². The Morgan fingerprint density at radius 1 is 1.38 bits per heavy atom. The average molecular weight is 300 g/mol. The Hall–Kier alpha value is -0.660. The van der Waals surface area contributed by atoms with Gasteiger partial charge in [0, 0.05) is 15.1 Å². The van der Waals surface area contributed by atoms with Crippen LogP contribution in [0.5, 0.6) is 0 Å². The summed E-state index contributed by atoms with van der Waals surface area (Å²) in [4.78, 5) is 0.817. The van der Waals surface area contributed by atoms with E-state index in [1.165, 1.54) is 0 Å². The van der Waals surface area contributed by atoms with Gasteiger partial charge >= 0.3 is 0 Å². The van der Waals surface area contributed by atoms with Crippen molar-refractivity contribution < 1.29 is 4.21 Å². The first kappa shape index (κ1) is 13.4. The summed E-state index contributed by atoms with van der Waals surface area (Å²) in [5, 5.41) is 8.86. The molecular weight excluding hydrogens is 286 g/mol. The Labute approximate surface area is 107 Å².